The maximum atomic E-state index is 11.5. The predicted molar refractivity (Wildman–Crippen MR) is 79.9 cm³/mol. The average Bonchev–Trinajstić information content (AvgIpc) is 2.74. The Morgan fingerprint density at radius 1 is 1.25 bits per heavy atom. The van der Waals surface area contributed by atoms with Gasteiger partial charge >= 0.3 is 0 Å². The van der Waals surface area contributed by atoms with E-state index in [2.05, 4.69) is 24.2 Å². The molecule has 0 aromatic heterocycles. The molecule has 1 saturated carbocycles. The molecule has 4 nitrogen and oxygen atoms in total. The lowest BCUT2D eigenvalue weighted by atomic mass is 9.86. The van der Waals surface area contributed by atoms with Gasteiger partial charge in [-0.2, -0.15) is 0 Å². The Hall–Kier alpha value is -1.55. The summed E-state index contributed by atoms with van der Waals surface area (Å²) in [5, 5.41) is 12.5. The maximum absolute atomic E-state index is 11.5. The van der Waals surface area contributed by atoms with Crippen molar-refractivity contribution in [1.29, 1.82) is 0 Å². The Bertz CT molecular complexity index is 521. The van der Waals surface area contributed by atoms with Crippen LogP contribution in [0.2, 0.25) is 0 Å². The molecule has 1 unspecified atom stereocenters. The van der Waals surface area contributed by atoms with Crippen LogP contribution in [0.1, 0.15) is 44.3 Å². The second kappa shape index (κ2) is 5.09. The van der Waals surface area contributed by atoms with E-state index in [1.54, 1.807) is 0 Å². The Morgan fingerprint density at radius 3 is 2.65 bits per heavy atom. The minimum atomic E-state index is -1.01. The maximum Gasteiger partial charge on any atom is 0.257 e. The number of amides is 1. The van der Waals surface area contributed by atoms with Crippen molar-refractivity contribution in [2.45, 2.75) is 44.8 Å². The summed E-state index contributed by atoms with van der Waals surface area (Å²) < 4.78 is 0. The number of nitrogens with one attached hydrogen (secondary N) is 1. The van der Waals surface area contributed by atoms with E-state index in [0.29, 0.717) is 11.6 Å². The van der Waals surface area contributed by atoms with E-state index in [1.165, 1.54) is 25.7 Å². The highest BCUT2D eigenvalue weighted by atomic mass is 16.3. The van der Waals surface area contributed by atoms with E-state index in [9.17, 15) is 9.90 Å². The minimum absolute atomic E-state index is 0.328. The lowest BCUT2D eigenvalue weighted by Gasteiger charge is -2.35. The van der Waals surface area contributed by atoms with Gasteiger partial charge in [0, 0.05) is 30.0 Å². The first-order valence-corrected chi connectivity index (χ1v) is 7.42. The first-order chi connectivity index (χ1) is 9.56. The first-order valence-electron chi connectivity index (χ1n) is 7.42. The number of aliphatic hydroxyl groups is 1. The second-order valence-electron chi connectivity index (χ2n) is 6.19. The molecular formula is C16H22N2O2. The molecule has 4 heteroatoms. The third-order valence-corrected chi connectivity index (χ3v) is 4.78. The quantitative estimate of drug-likeness (QED) is 0.872. The van der Waals surface area contributed by atoms with Crippen molar-refractivity contribution in [2.75, 3.05) is 17.3 Å². The summed E-state index contributed by atoms with van der Waals surface area (Å²) in [6.45, 7) is 2.32. The van der Waals surface area contributed by atoms with E-state index in [0.717, 1.165) is 17.3 Å². The smallest absolute Gasteiger partial charge is 0.257 e. The van der Waals surface area contributed by atoms with Crippen LogP contribution >= 0.6 is 0 Å². The van der Waals surface area contributed by atoms with Crippen LogP contribution in [-0.2, 0) is 4.79 Å². The summed E-state index contributed by atoms with van der Waals surface area (Å²) in [4.78, 5) is 13.8. The zero-order valence-electron chi connectivity index (χ0n) is 12.1. The number of hydrogen-bond donors (Lipinski definition) is 2. The highest BCUT2D eigenvalue weighted by Crippen LogP contribution is 2.35. The Kier molecular flexibility index (Phi) is 3.42. The molecule has 1 amide bonds. The summed E-state index contributed by atoms with van der Waals surface area (Å²) in [7, 11) is 2.12. The van der Waals surface area contributed by atoms with Gasteiger partial charge in [0.15, 0.2) is 6.10 Å². The Labute approximate surface area is 119 Å². The van der Waals surface area contributed by atoms with Crippen molar-refractivity contribution in [3.05, 3.63) is 23.8 Å². The van der Waals surface area contributed by atoms with Crippen LogP contribution in [0.25, 0.3) is 0 Å². The molecule has 1 aromatic rings. The molecule has 2 aliphatic rings. The molecule has 2 N–H and O–H groups in total. The molecule has 0 spiro atoms. The molecule has 1 atom stereocenters. The first kappa shape index (κ1) is 13.4. The standard InChI is InChI=1S/C16H22N2O2/c1-10-3-5-11(6-4-10)18(2)12-7-8-13-14(9-12)17-16(20)15(13)19/h7-11,15,19H,3-6H2,1-2H3,(H,17,20). The molecule has 1 aromatic carbocycles. The van der Waals surface area contributed by atoms with E-state index < -0.39 is 6.10 Å². The van der Waals surface area contributed by atoms with Crippen molar-refractivity contribution in [1.82, 2.24) is 0 Å². The van der Waals surface area contributed by atoms with E-state index in [4.69, 9.17) is 0 Å². The number of hydrogen-bond acceptors (Lipinski definition) is 3. The number of carbonyl (C=O) groups is 1. The Morgan fingerprint density at radius 2 is 1.95 bits per heavy atom. The molecule has 1 aliphatic heterocycles. The lowest BCUT2D eigenvalue weighted by Crippen LogP contribution is -2.34. The van der Waals surface area contributed by atoms with Crippen LogP contribution in [0.3, 0.4) is 0 Å². The normalized spacial score (nSPS) is 28.9. The number of benzene rings is 1. The van der Waals surface area contributed by atoms with Gasteiger partial charge in [-0.25, -0.2) is 0 Å². The van der Waals surface area contributed by atoms with Gasteiger partial charge in [0.25, 0.3) is 5.91 Å². The van der Waals surface area contributed by atoms with Crippen LogP contribution in [0.4, 0.5) is 11.4 Å². The number of fused-ring (bicyclic) bond motifs is 1. The number of aliphatic hydroxyl groups excluding tert-OH is 1. The molecule has 1 heterocycles. The van der Waals surface area contributed by atoms with Crippen molar-refractivity contribution in [3.63, 3.8) is 0 Å². The van der Waals surface area contributed by atoms with Gasteiger partial charge in [0.05, 0.1) is 0 Å². The molecule has 0 saturated heterocycles. The van der Waals surface area contributed by atoms with Gasteiger partial charge in [0.1, 0.15) is 0 Å². The molecule has 1 aliphatic carbocycles. The van der Waals surface area contributed by atoms with E-state index in [1.807, 2.05) is 18.2 Å². The van der Waals surface area contributed by atoms with Crippen LogP contribution in [-0.4, -0.2) is 24.1 Å². The van der Waals surface area contributed by atoms with Gasteiger partial charge in [-0.3, -0.25) is 4.79 Å². The second-order valence-corrected chi connectivity index (χ2v) is 6.19. The zero-order valence-corrected chi connectivity index (χ0v) is 12.1. The third-order valence-electron chi connectivity index (χ3n) is 4.78. The summed E-state index contributed by atoms with van der Waals surface area (Å²) in [6.07, 6.45) is 4.01. The molecule has 3 rings (SSSR count). The number of nitrogens with zero attached hydrogens (tertiary/aromatic N) is 1. The fourth-order valence-corrected chi connectivity index (χ4v) is 3.29. The topological polar surface area (TPSA) is 52.6 Å². The van der Waals surface area contributed by atoms with Gasteiger partial charge < -0.3 is 15.3 Å². The van der Waals surface area contributed by atoms with Crippen molar-refractivity contribution in [2.24, 2.45) is 5.92 Å². The highest BCUT2D eigenvalue weighted by Gasteiger charge is 2.29. The lowest BCUT2D eigenvalue weighted by molar-refractivity contribution is -0.123. The molecular weight excluding hydrogens is 252 g/mol. The largest absolute Gasteiger partial charge is 0.378 e. The van der Waals surface area contributed by atoms with Crippen LogP contribution in [0.15, 0.2) is 18.2 Å². The third kappa shape index (κ3) is 2.29. The summed E-state index contributed by atoms with van der Waals surface area (Å²) >= 11 is 0. The average molecular weight is 274 g/mol. The van der Waals surface area contributed by atoms with Crippen molar-refractivity contribution >= 4 is 17.3 Å². The molecule has 0 radical (unpaired) electrons. The van der Waals surface area contributed by atoms with Gasteiger partial charge in [-0.15, -0.1) is 0 Å². The number of carbonyl (C=O) groups excluding carboxylic acids is 1. The van der Waals surface area contributed by atoms with Gasteiger partial charge in [0.2, 0.25) is 0 Å². The minimum Gasteiger partial charge on any atom is -0.378 e. The van der Waals surface area contributed by atoms with Gasteiger partial charge in [-0.1, -0.05) is 13.0 Å². The zero-order chi connectivity index (χ0) is 14.3. The summed E-state index contributed by atoms with van der Waals surface area (Å²) in [5.41, 5.74) is 2.54. The number of rotatable bonds is 2. The molecule has 0 bridgehead atoms. The van der Waals surface area contributed by atoms with Crippen molar-refractivity contribution in [3.8, 4) is 0 Å². The van der Waals surface area contributed by atoms with E-state index in [-0.39, 0.29) is 5.91 Å². The molecule has 1 fully saturated rings. The molecule has 20 heavy (non-hydrogen) atoms. The Balaban J connectivity index is 1.78. The highest BCUT2D eigenvalue weighted by molar-refractivity contribution is 6.02. The summed E-state index contributed by atoms with van der Waals surface area (Å²) in [5.74, 6) is 0.514. The van der Waals surface area contributed by atoms with E-state index >= 15 is 0 Å². The fourth-order valence-electron chi connectivity index (χ4n) is 3.29. The van der Waals surface area contributed by atoms with Gasteiger partial charge in [-0.05, 0) is 43.7 Å². The van der Waals surface area contributed by atoms with Crippen LogP contribution in [0, 0.1) is 5.92 Å². The van der Waals surface area contributed by atoms with Crippen molar-refractivity contribution < 1.29 is 9.90 Å². The molecule has 108 valence electrons. The summed E-state index contributed by atoms with van der Waals surface area (Å²) in [6, 6.07) is 6.41. The predicted octanol–water partition coefficient (Wildman–Crippen LogP) is 2.69. The monoisotopic (exact) mass is 274 g/mol. The number of anilines is 2. The SMILES string of the molecule is CC1CCC(N(C)c2ccc3c(c2)NC(=O)C3O)CC1. The van der Waals surface area contributed by atoms with Crippen LogP contribution in [0.5, 0.6) is 0 Å². The fraction of sp³-hybridized carbons (Fsp3) is 0.562. The van der Waals surface area contributed by atoms with Crippen LogP contribution < -0.4 is 10.2 Å².